The van der Waals surface area contributed by atoms with E-state index in [9.17, 15) is 0 Å². The molecule has 0 amide bonds. The molecule has 300 valence electrons. The molecule has 0 saturated carbocycles. The minimum absolute atomic E-state index is 0. The molecule has 2 aliphatic carbocycles. The Balaban J connectivity index is 0.000000735. The standard InChI is InChI=1S/C21H25.C10H15.2C10H13.CH2.2ClH.Zr/c1-20(2,3)16-9-7-14-11-15-8-10-17(21(4,5)6)13-19(15)18(14)12-16;1-7(2)10-6-8(3)5-9(10)4;2*1-10(2,3)9-7-5-4-6-8-9;;;;/h7,9-10,12-13H,11H2,1-6H3;6-8H,1-4H3;2*5-8H,1-3H3;1H2;2*1H;/q4*-1;;;;. The summed E-state index contributed by atoms with van der Waals surface area (Å²) in [4.78, 5) is 0. The molecule has 0 bridgehead atoms. The zero-order valence-corrected chi connectivity index (χ0v) is 41.1. The molecule has 0 aromatic heterocycles. The summed E-state index contributed by atoms with van der Waals surface area (Å²) < 4.78 is 3.34. The summed E-state index contributed by atoms with van der Waals surface area (Å²) in [6, 6.07) is 37.4. The van der Waals surface area contributed by atoms with E-state index in [0.29, 0.717) is 11.8 Å². The Labute approximate surface area is 366 Å². The zero-order valence-electron chi connectivity index (χ0n) is 37.0. The van der Waals surface area contributed by atoms with Crippen LogP contribution in [-0.4, -0.2) is 4.21 Å². The molecule has 0 heterocycles. The first-order valence-corrected chi connectivity index (χ1v) is 21.0. The number of allylic oxidation sites excluding steroid dienone is 4. The Kier molecular flexibility index (Phi) is 21.6. The Morgan fingerprint density at radius 1 is 0.618 bits per heavy atom. The number of rotatable bonds is 1. The van der Waals surface area contributed by atoms with Crippen molar-refractivity contribution in [2.45, 2.75) is 139 Å². The molecule has 3 heteroatoms. The summed E-state index contributed by atoms with van der Waals surface area (Å²) >= 11 is 1.30. The van der Waals surface area contributed by atoms with Gasteiger partial charge in [-0.2, -0.15) is 113 Å². The molecule has 0 fully saturated rings. The van der Waals surface area contributed by atoms with Crippen LogP contribution in [-0.2, 0) is 52.3 Å². The second kappa shape index (κ2) is 22.6. The van der Waals surface area contributed by atoms with E-state index in [-0.39, 0.29) is 46.5 Å². The van der Waals surface area contributed by atoms with Gasteiger partial charge in [0, 0.05) is 0 Å². The van der Waals surface area contributed by atoms with Crippen molar-refractivity contribution in [3.8, 4) is 11.1 Å². The van der Waals surface area contributed by atoms with Gasteiger partial charge in [-0.3, -0.25) is 6.08 Å². The average molecular weight is 857 g/mol. The monoisotopic (exact) mass is 854 g/mol. The SMILES string of the molecule is CC(C)(C)c1c[c-]c2c(c1)-c1cc(C(C)(C)C)ccc1C2.CC(C)(C)c1cc[c-]cc1.CC(C)(C)c1cc[c-]cc1.CC1=[C-]C(C)C=C1C(C)C.Cl.Cl.[CH2]=[Zr]. The van der Waals surface area contributed by atoms with Crippen molar-refractivity contribution >= 4 is 29.0 Å². The number of benzene rings is 4. The predicted molar refractivity (Wildman–Crippen MR) is 245 cm³/mol. The number of hydrogen-bond donors (Lipinski definition) is 0. The molecule has 0 N–H and O–H groups in total. The maximum atomic E-state index is 3.53. The molecule has 1 atom stereocenters. The van der Waals surface area contributed by atoms with Crippen LogP contribution in [0.4, 0.5) is 0 Å². The van der Waals surface area contributed by atoms with Crippen LogP contribution in [0.5, 0.6) is 0 Å². The van der Waals surface area contributed by atoms with Gasteiger partial charge in [0.25, 0.3) is 0 Å². The van der Waals surface area contributed by atoms with Gasteiger partial charge in [0.1, 0.15) is 0 Å². The van der Waals surface area contributed by atoms with Crippen molar-refractivity contribution in [3.05, 3.63) is 154 Å². The summed E-state index contributed by atoms with van der Waals surface area (Å²) in [5.41, 5.74) is 14.9. The topological polar surface area (TPSA) is 0 Å². The molecule has 4 aromatic rings. The molecule has 6 rings (SSSR count). The third kappa shape index (κ3) is 16.6. The van der Waals surface area contributed by atoms with Crippen LogP contribution < -0.4 is 0 Å². The van der Waals surface area contributed by atoms with Crippen molar-refractivity contribution in [3.63, 3.8) is 0 Å². The van der Waals surface area contributed by atoms with Crippen LogP contribution in [0.2, 0.25) is 0 Å². The van der Waals surface area contributed by atoms with Crippen LogP contribution in [0.25, 0.3) is 11.1 Å². The Bertz CT molecular complexity index is 1670. The molecule has 0 nitrogen and oxygen atoms in total. The summed E-state index contributed by atoms with van der Waals surface area (Å²) in [5.74, 6) is 1.20. The van der Waals surface area contributed by atoms with E-state index < -0.39 is 0 Å². The van der Waals surface area contributed by atoms with Crippen molar-refractivity contribution in [2.24, 2.45) is 11.8 Å². The first-order valence-electron chi connectivity index (χ1n) is 19.3. The van der Waals surface area contributed by atoms with Gasteiger partial charge in [0.15, 0.2) is 0 Å². The first kappa shape index (κ1) is 52.7. The fourth-order valence-corrected chi connectivity index (χ4v) is 6.24. The molecular weight excluding hydrogens is 787 g/mol. The molecule has 0 saturated heterocycles. The van der Waals surface area contributed by atoms with E-state index in [1.165, 1.54) is 79.9 Å². The summed E-state index contributed by atoms with van der Waals surface area (Å²) in [7, 11) is 0. The van der Waals surface area contributed by atoms with Crippen molar-refractivity contribution in [1.82, 2.24) is 0 Å². The van der Waals surface area contributed by atoms with Gasteiger partial charge in [-0.15, -0.1) is 30.4 Å². The first-order chi connectivity index (χ1) is 24.5. The van der Waals surface area contributed by atoms with E-state index in [1.807, 2.05) is 24.3 Å². The summed E-state index contributed by atoms with van der Waals surface area (Å²) in [5, 5.41) is 0. The van der Waals surface area contributed by atoms with Gasteiger partial charge in [-0.25, -0.2) is 5.57 Å². The number of hydrogen-bond acceptors (Lipinski definition) is 0. The van der Waals surface area contributed by atoms with Crippen LogP contribution in [0.15, 0.2) is 96.1 Å². The normalized spacial score (nSPS) is 14.1. The quantitative estimate of drug-likeness (QED) is 0.147. The van der Waals surface area contributed by atoms with E-state index in [2.05, 4.69) is 200 Å². The molecule has 4 aromatic carbocycles. The average Bonchev–Trinajstić information content (AvgIpc) is 3.63. The van der Waals surface area contributed by atoms with Crippen molar-refractivity contribution in [1.29, 1.82) is 0 Å². The minimum atomic E-state index is 0. The van der Waals surface area contributed by atoms with Gasteiger partial charge < -0.3 is 0 Å². The molecule has 0 radical (unpaired) electrons. The summed E-state index contributed by atoms with van der Waals surface area (Å²) in [6.45, 7) is 35.7. The van der Waals surface area contributed by atoms with Gasteiger partial charge >= 0.3 is 28.4 Å². The van der Waals surface area contributed by atoms with Crippen LogP contribution in [0.1, 0.15) is 144 Å². The Morgan fingerprint density at radius 3 is 1.36 bits per heavy atom. The molecular formula is C52H70Cl2Zr-4. The third-order valence-electron chi connectivity index (χ3n) is 9.62. The molecule has 2 aliphatic rings. The predicted octanol–water partition coefficient (Wildman–Crippen LogP) is 15.0. The number of fused-ring (bicyclic) bond motifs is 3. The molecule has 0 spiro atoms. The van der Waals surface area contributed by atoms with Gasteiger partial charge in [0.2, 0.25) is 0 Å². The molecule has 55 heavy (non-hydrogen) atoms. The zero-order chi connectivity index (χ0) is 40.4. The van der Waals surface area contributed by atoms with E-state index in [4.69, 9.17) is 0 Å². The second-order valence-electron chi connectivity index (χ2n) is 18.7. The van der Waals surface area contributed by atoms with Gasteiger partial charge in [-0.05, 0) is 28.2 Å². The Hall–Kier alpha value is -2.31. The summed E-state index contributed by atoms with van der Waals surface area (Å²) in [6.07, 6.45) is 6.71. The maximum absolute atomic E-state index is 3.53. The fraction of sp³-hybridized carbons (Fsp3) is 0.442. The van der Waals surface area contributed by atoms with Crippen molar-refractivity contribution < 1.29 is 24.2 Å². The van der Waals surface area contributed by atoms with Crippen LogP contribution >= 0.6 is 24.8 Å². The second-order valence-corrected chi connectivity index (χ2v) is 18.7. The van der Waals surface area contributed by atoms with Gasteiger partial charge in [-0.1, -0.05) is 157 Å². The number of halogens is 2. The van der Waals surface area contributed by atoms with E-state index >= 15 is 0 Å². The fourth-order valence-electron chi connectivity index (χ4n) is 6.24. The van der Waals surface area contributed by atoms with Gasteiger partial charge in [0.05, 0.1) is 0 Å². The molecule has 0 aliphatic heterocycles. The van der Waals surface area contributed by atoms with E-state index in [1.54, 1.807) is 0 Å². The van der Waals surface area contributed by atoms with Crippen LogP contribution in [0.3, 0.4) is 0 Å². The third-order valence-corrected chi connectivity index (χ3v) is 9.62. The van der Waals surface area contributed by atoms with Crippen molar-refractivity contribution in [2.75, 3.05) is 0 Å². The van der Waals surface area contributed by atoms with Crippen LogP contribution in [0, 0.1) is 36.1 Å². The molecule has 1 unspecified atom stereocenters. The Morgan fingerprint density at radius 2 is 1.04 bits per heavy atom. The van der Waals surface area contributed by atoms with E-state index in [0.717, 1.165) is 6.42 Å².